The number of halogens is 3. The van der Waals surface area contributed by atoms with Gasteiger partial charge in [-0.15, -0.1) is 10.2 Å². The maximum Gasteiger partial charge on any atom is 0.445 e. The average molecular weight is 281 g/mol. The van der Waals surface area contributed by atoms with Crippen LogP contribution in [0, 0.1) is 5.92 Å². The summed E-state index contributed by atoms with van der Waals surface area (Å²) in [6.45, 7) is 6.24. The summed E-state index contributed by atoms with van der Waals surface area (Å²) >= 11 is 0.550. The Balaban J connectivity index is 2.40. The van der Waals surface area contributed by atoms with Gasteiger partial charge in [0, 0.05) is 6.04 Å². The number of anilines is 1. The number of nitrogens with zero attached hydrogens (tertiary/aromatic N) is 2. The molecule has 3 nitrogen and oxygen atoms in total. The summed E-state index contributed by atoms with van der Waals surface area (Å²) in [4.78, 5) is 0. The number of aromatic nitrogens is 2. The van der Waals surface area contributed by atoms with E-state index in [2.05, 4.69) is 29.4 Å². The molecule has 0 aliphatic rings. The smallest absolute Gasteiger partial charge is 0.358 e. The van der Waals surface area contributed by atoms with E-state index < -0.39 is 11.2 Å². The van der Waals surface area contributed by atoms with Crippen molar-refractivity contribution in [3.8, 4) is 0 Å². The van der Waals surface area contributed by atoms with Crippen LogP contribution in [0.4, 0.5) is 18.3 Å². The van der Waals surface area contributed by atoms with Gasteiger partial charge in [0.15, 0.2) is 0 Å². The zero-order chi connectivity index (χ0) is 13.8. The maximum absolute atomic E-state index is 12.3. The van der Waals surface area contributed by atoms with Gasteiger partial charge < -0.3 is 5.32 Å². The quantitative estimate of drug-likeness (QED) is 0.849. The van der Waals surface area contributed by atoms with Crippen molar-refractivity contribution in [3.63, 3.8) is 0 Å². The van der Waals surface area contributed by atoms with Crippen LogP contribution in [-0.2, 0) is 6.18 Å². The fourth-order valence-corrected chi connectivity index (χ4v) is 2.23. The second kappa shape index (κ2) is 6.36. The fraction of sp³-hybridized carbons (Fsp3) is 0.818. The summed E-state index contributed by atoms with van der Waals surface area (Å²) in [6.07, 6.45) is -1.32. The molecule has 0 amide bonds. The van der Waals surface area contributed by atoms with Crippen molar-refractivity contribution >= 4 is 16.5 Å². The van der Waals surface area contributed by atoms with Gasteiger partial charge in [0.05, 0.1) is 0 Å². The average Bonchev–Trinajstić information content (AvgIpc) is 2.64. The first-order valence-corrected chi connectivity index (χ1v) is 6.78. The van der Waals surface area contributed by atoms with Crippen LogP contribution in [0.3, 0.4) is 0 Å². The van der Waals surface area contributed by atoms with Gasteiger partial charge in [-0.3, -0.25) is 0 Å². The number of nitrogens with one attached hydrogen (secondary N) is 1. The van der Waals surface area contributed by atoms with E-state index in [4.69, 9.17) is 0 Å². The van der Waals surface area contributed by atoms with E-state index >= 15 is 0 Å². The van der Waals surface area contributed by atoms with Gasteiger partial charge in [0.1, 0.15) is 0 Å². The van der Waals surface area contributed by atoms with Crippen molar-refractivity contribution in [3.05, 3.63) is 5.01 Å². The van der Waals surface area contributed by atoms with Crippen LogP contribution >= 0.6 is 11.3 Å². The summed E-state index contributed by atoms with van der Waals surface area (Å²) < 4.78 is 36.9. The Labute approximate surface area is 109 Å². The van der Waals surface area contributed by atoms with Gasteiger partial charge >= 0.3 is 6.18 Å². The Morgan fingerprint density at radius 1 is 1.17 bits per heavy atom. The first-order chi connectivity index (χ1) is 8.29. The highest BCUT2D eigenvalue weighted by Crippen LogP contribution is 2.33. The van der Waals surface area contributed by atoms with Gasteiger partial charge in [-0.25, -0.2) is 0 Å². The molecule has 0 bridgehead atoms. The summed E-state index contributed by atoms with van der Waals surface area (Å²) in [5.41, 5.74) is 0. The third-order valence-electron chi connectivity index (χ3n) is 2.46. The van der Waals surface area contributed by atoms with E-state index in [1.54, 1.807) is 0 Å². The lowest BCUT2D eigenvalue weighted by Gasteiger charge is -2.12. The Kier molecular flexibility index (Phi) is 5.37. The lowest BCUT2D eigenvalue weighted by molar-refractivity contribution is -0.138. The summed E-state index contributed by atoms with van der Waals surface area (Å²) in [5, 5.41) is 8.92. The Morgan fingerprint density at radius 3 is 2.33 bits per heavy atom. The molecule has 1 N–H and O–H groups in total. The molecule has 1 heterocycles. The van der Waals surface area contributed by atoms with E-state index in [0.29, 0.717) is 17.3 Å². The van der Waals surface area contributed by atoms with Crippen LogP contribution < -0.4 is 5.32 Å². The van der Waals surface area contributed by atoms with Crippen LogP contribution in [0.1, 0.15) is 45.0 Å². The number of rotatable bonds is 6. The Bertz CT molecular complexity index is 363. The van der Waals surface area contributed by atoms with Crippen LogP contribution in [-0.4, -0.2) is 16.2 Å². The first kappa shape index (κ1) is 15.2. The molecular formula is C11H18F3N3S. The van der Waals surface area contributed by atoms with Gasteiger partial charge in [0.2, 0.25) is 10.1 Å². The minimum absolute atomic E-state index is 0.109. The molecule has 1 atom stereocenters. The molecule has 0 radical (unpaired) electrons. The normalized spacial score (nSPS) is 13.9. The summed E-state index contributed by atoms with van der Waals surface area (Å²) in [6, 6.07) is 0.109. The minimum Gasteiger partial charge on any atom is -0.358 e. The summed E-state index contributed by atoms with van der Waals surface area (Å²) in [7, 11) is 0. The van der Waals surface area contributed by atoms with E-state index in [-0.39, 0.29) is 11.2 Å². The van der Waals surface area contributed by atoms with E-state index in [1.807, 2.05) is 6.92 Å². The van der Waals surface area contributed by atoms with Crippen LogP contribution in [0.5, 0.6) is 0 Å². The predicted octanol–water partition coefficient (Wildman–Crippen LogP) is 4.18. The van der Waals surface area contributed by atoms with E-state index in [9.17, 15) is 13.2 Å². The van der Waals surface area contributed by atoms with Crippen molar-refractivity contribution in [2.75, 3.05) is 5.32 Å². The monoisotopic (exact) mass is 281 g/mol. The van der Waals surface area contributed by atoms with E-state index in [1.165, 1.54) is 0 Å². The second-order valence-electron chi connectivity index (χ2n) is 4.78. The Hall–Kier alpha value is -0.850. The highest BCUT2D eigenvalue weighted by atomic mass is 32.1. The zero-order valence-corrected chi connectivity index (χ0v) is 11.5. The standard InChI is InChI=1S/C11H18F3N3S/c1-7(2)5-4-6-8(3)15-10-17-16-9(18-10)11(12,13)14/h7-8H,4-6H2,1-3H3,(H,15,17). The molecule has 18 heavy (non-hydrogen) atoms. The highest BCUT2D eigenvalue weighted by Gasteiger charge is 2.35. The van der Waals surface area contributed by atoms with Crippen molar-refractivity contribution in [2.24, 2.45) is 5.92 Å². The molecule has 0 saturated carbocycles. The van der Waals surface area contributed by atoms with Crippen molar-refractivity contribution in [2.45, 2.75) is 52.3 Å². The molecule has 0 fully saturated rings. The third kappa shape index (κ3) is 5.20. The largest absolute Gasteiger partial charge is 0.445 e. The predicted molar refractivity (Wildman–Crippen MR) is 66.7 cm³/mol. The summed E-state index contributed by atoms with van der Waals surface area (Å²) in [5.74, 6) is 0.649. The molecular weight excluding hydrogens is 263 g/mol. The van der Waals surface area contributed by atoms with Crippen molar-refractivity contribution in [1.82, 2.24) is 10.2 Å². The molecule has 1 unspecified atom stereocenters. The molecule has 0 aromatic carbocycles. The van der Waals surface area contributed by atoms with Gasteiger partial charge in [-0.1, -0.05) is 38.0 Å². The van der Waals surface area contributed by atoms with Crippen LogP contribution in [0.2, 0.25) is 0 Å². The number of hydrogen-bond donors (Lipinski definition) is 1. The van der Waals surface area contributed by atoms with Gasteiger partial charge in [-0.05, 0) is 19.3 Å². The lowest BCUT2D eigenvalue weighted by atomic mass is 10.0. The second-order valence-corrected chi connectivity index (χ2v) is 5.76. The van der Waals surface area contributed by atoms with Crippen molar-refractivity contribution < 1.29 is 13.2 Å². The first-order valence-electron chi connectivity index (χ1n) is 5.96. The van der Waals surface area contributed by atoms with Gasteiger partial charge in [-0.2, -0.15) is 13.2 Å². The minimum atomic E-state index is -4.40. The SMILES string of the molecule is CC(C)CCCC(C)Nc1nnc(C(F)(F)F)s1. The van der Waals surface area contributed by atoms with Crippen LogP contribution in [0.15, 0.2) is 0 Å². The molecule has 7 heteroatoms. The highest BCUT2D eigenvalue weighted by molar-refractivity contribution is 7.15. The molecule has 1 aromatic heterocycles. The zero-order valence-electron chi connectivity index (χ0n) is 10.7. The molecule has 104 valence electrons. The lowest BCUT2D eigenvalue weighted by Crippen LogP contribution is -2.14. The maximum atomic E-state index is 12.3. The molecule has 1 rings (SSSR count). The molecule has 1 aromatic rings. The van der Waals surface area contributed by atoms with Crippen molar-refractivity contribution in [1.29, 1.82) is 0 Å². The number of hydrogen-bond acceptors (Lipinski definition) is 4. The fourth-order valence-electron chi connectivity index (χ4n) is 1.51. The van der Waals surface area contributed by atoms with E-state index in [0.717, 1.165) is 19.3 Å². The van der Waals surface area contributed by atoms with Gasteiger partial charge in [0.25, 0.3) is 0 Å². The molecule has 0 aliphatic carbocycles. The molecule has 0 spiro atoms. The topological polar surface area (TPSA) is 37.8 Å². The van der Waals surface area contributed by atoms with Crippen LogP contribution in [0.25, 0.3) is 0 Å². The third-order valence-corrected chi connectivity index (χ3v) is 3.36. The number of alkyl halides is 3. The molecule has 0 saturated heterocycles. The Morgan fingerprint density at radius 2 is 1.83 bits per heavy atom. The molecule has 0 aliphatic heterocycles.